The summed E-state index contributed by atoms with van der Waals surface area (Å²) in [6, 6.07) is 13.5. The lowest BCUT2D eigenvalue weighted by Gasteiger charge is -2.33. The van der Waals surface area contributed by atoms with Gasteiger partial charge < -0.3 is 20.4 Å². The number of allylic oxidation sites excluding steroid dienone is 1. The normalized spacial score (nSPS) is 14.3. The van der Waals surface area contributed by atoms with Gasteiger partial charge in [0, 0.05) is 55.2 Å². The summed E-state index contributed by atoms with van der Waals surface area (Å²) in [4.78, 5) is 35.0. The number of amides is 1. The molecule has 0 radical (unpaired) electrons. The molecule has 1 aromatic carbocycles. The molecule has 0 spiro atoms. The third-order valence-electron chi connectivity index (χ3n) is 6.06. The molecule has 1 amide bonds. The number of para-hydroxylation sites is 1. The van der Waals surface area contributed by atoms with Crippen molar-refractivity contribution in [1.29, 1.82) is 0 Å². The summed E-state index contributed by atoms with van der Waals surface area (Å²) in [5.41, 5.74) is 3.81. The molecule has 36 heavy (non-hydrogen) atoms. The number of carbonyl (C=O) groups excluding carboxylic acids is 1. The smallest absolute Gasteiger partial charge is 0.248 e. The zero-order valence-corrected chi connectivity index (χ0v) is 20.3. The van der Waals surface area contributed by atoms with Crippen molar-refractivity contribution in [2.45, 2.75) is 6.92 Å². The van der Waals surface area contributed by atoms with Crippen molar-refractivity contribution in [2.24, 2.45) is 0 Å². The van der Waals surface area contributed by atoms with E-state index in [0.29, 0.717) is 17.3 Å². The molecule has 1 saturated heterocycles. The molecule has 9 heteroatoms. The predicted octanol–water partition coefficient (Wildman–Crippen LogP) is 4.10. The van der Waals surface area contributed by atoms with Crippen molar-refractivity contribution in [3.63, 3.8) is 0 Å². The van der Waals surface area contributed by atoms with E-state index in [1.807, 2.05) is 42.6 Å². The maximum Gasteiger partial charge on any atom is 0.248 e. The van der Waals surface area contributed by atoms with Crippen molar-refractivity contribution in [3.05, 3.63) is 73.2 Å². The summed E-state index contributed by atoms with van der Waals surface area (Å²) >= 11 is 0. The molecule has 1 fully saturated rings. The number of anilines is 4. The van der Waals surface area contributed by atoms with Crippen LogP contribution in [0.3, 0.4) is 0 Å². The molecular weight excluding hydrogens is 452 g/mol. The number of rotatable bonds is 6. The SMILES string of the molecule is C/C=C/C(=O)Nc1ccnc(-c2cccc3cnc(Nc4ccc(N5CCN(C)CC5)nc4)nc23)c1. The summed E-state index contributed by atoms with van der Waals surface area (Å²) in [5.74, 6) is 1.26. The molecule has 0 unspecified atom stereocenters. The van der Waals surface area contributed by atoms with Gasteiger partial charge in [0.25, 0.3) is 0 Å². The van der Waals surface area contributed by atoms with Crippen molar-refractivity contribution in [2.75, 3.05) is 48.8 Å². The number of fused-ring (bicyclic) bond motifs is 1. The molecule has 182 valence electrons. The van der Waals surface area contributed by atoms with Crippen LogP contribution < -0.4 is 15.5 Å². The van der Waals surface area contributed by atoms with Crippen LogP contribution in [0.25, 0.3) is 22.2 Å². The van der Waals surface area contributed by atoms with E-state index in [0.717, 1.165) is 54.2 Å². The monoisotopic (exact) mass is 480 g/mol. The highest BCUT2D eigenvalue weighted by Gasteiger charge is 2.15. The lowest BCUT2D eigenvalue weighted by atomic mass is 10.1. The Bertz CT molecular complexity index is 1390. The Morgan fingerprint density at radius 1 is 0.972 bits per heavy atom. The van der Waals surface area contributed by atoms with E-state index in [9.17, 15) is 4.79 Å². The first-order valence-corrected chi connectivity index (χ1v) is 11.9. The number of benzene rings is 1. The largest absolute Gasteiger partial charge is 0.354 e. The van der Waals surface area contributed by atoms with Crippen LogP contribution >= 0.6 is 0 Å². The van der Waals surface area contributed by atoms with E-state index in [1.54, 1.807) is 31.5 Å². The summed E-state index contributed by atoms with van der Waals surface area (Å²) in [7, 11) is 2.14. The molecule has 5 rings (SSSR count). The summed E-state index contributed by atoms with van der Waals surface area (Å²) in [5, 5.41) is 7.01. The van der Waals surface area contributed by atoms with Crippen LogP contribution in [0, 0.1) is 0 Å². The molecule has 0 bridgehead atoms. The van der Waals surface area contributed by atoms with Gasteiger partial charge in [-0.25, -0.2) is 15.0 Å². The minimum atomic E-state index is -0.186. The van der Waals surface area contributed by atoms with Gasteiger partial charge in [-0.15, -0.1) is 0 Å². The molecule has 4 heterocycles. The number of aromatic nitrogens is 4. The fourth-order valence-corrected chi connectivity index (χ4v) is 4.13. The number of nitrogens with one attached hydrogen (secondary N) is 2. The molecule has 1 aliphatic rings. The minimum Gasteiger partial charge on any atom is -0.354 e. The minimum absolute atomic E-state index is 0.186. The maximum atomic E-state index is 12.0. The van der Waals surface area contributed by atoms with E-state index in [4.69, 9.17) is 4.98 Å². The zero-order chi connectivity index (χ0) is 24.9. The maximum absolute atomic E-state index is 12.0. The van der Waals surface area contributed by atoms with Gasteiger partial charge in [0.2, 0.25) is 11.9 Å². The second-order valence-electron chi connectivity index (χ2n) is 8.68. The summed E-state index contributed by atoms with van der Waals surface area (Å²) < 4.78 is 0. The lowest BCUT2D eigenvalue weighted by Crippen LogP contribution is -2.44. The van der Waals surface area contributed by atoms with Crippen LogP contribution in [0.15, 0.2) is 73.2 Å². The van der Waals surface area contributed by atoms with Gasteiger partial charge in [-0.05, 0) is 44.3 Å². The van der Waals surface area contributed by atoms with Crippen LogP contribution in [0.4, 0.5) is 23.1 Å². The molecule has 1 aliphatic heterocycles. The standard InChI is InChI=1S/C27H28N8O/c1-3-5-25(36)31-20-10-11-28-23(16-20)22-7-4-6-19-17-30-27(33-26(19)22)32-21-8-9-24(29-18-21)35-14-12-34(2)13-15-35/h3-11,16-18H,12-15H2,1-2H3,(H,28,31,36)(H,30,32,33)/b5-3+. The molecule has 4 aromatic rings. The lowest BCUT2D eigenvalue weighted by molar-refractivity contribution is -0.111. The number of likely N-dealkylation sites (N-methyl/N-ethyl adjacent to an activating group) is 1. The van der Waals surface area contributed by atoms with E-state index < -0.39 is 0 Å². The van der Waals surface area contributed by atoms with Gasteiger partial charge in [-0.1, -0.05) is 24.3 Å². The van der Waals surface area contributed by atoms with Crippen LogP contribution in [-0.2, 0) is 4.79 Å². The van der Waals surface area contributed by atoms with E-state index in [-0.39, 0.29) is 5.91 Å². The van der Waals surface area contributed by atoms with Crippen LogP contribution in [-0.4, -0.2) is 64.0 Å². The first kappa shape index (κ1) is 23.4. The fourth-order valence-electron chi connectivity index (χ4n) is 4.13. The zero-order valence-electron chi connectivity index (χ0n) is 20.3. The number of piperazine rings is 1. The number of hydrogen-bond acceptors (Lipinski definition) is 8. The second kappa shape index (κ2) is 10.5. The Morgan fingerprint density at radius 3 is 2.61 bits per heavy atom. The molecule has 0 saturated carbocycles. The Balaban J connectivity index is 1.38. The van der Waals surface area contributed by atoms with Crippen molar-refractivity contribution >= 4 is 40.0 Å². The number of pyridine rings is 2. The van der Waals surface area contributed by atoms with Crippen molar-refractivity contribution in [1.82, 2.24) is 24.8 Å². The van der Waals surface area contributed by atoms with Gasteiger partial charge in [-0.2, -0.15) is 0 Å². The predicted molar refractivity (Wildman–Crippen MR) is 143 cm³/mol. The average Bonchev–Trinajstić information content (AvgIpc) is 2.89. The van der Waals surface area contributed by atoms with Gasteiger partial charge in [0.05, 0.1) is 23.1 Å². The van der Waals surface area contributed by atoms with Crippen LogP contribution in [0.1, 0.15) is 6.92 Å². The summed E-state index contributed by atoms with van der Waals surface area (Å²) in [6.45, 7) is 5.82. The van der Waals surface area contributed by atoms with E-state index in [1.165, 1.54) is 6.08 Å². The van der Waals surface area contributed by atoms with Crippen LogP contribution in [0.2, 0.25) is 0 Å². The van der Waals surface area contributed by atoms with Crippen molar-refractivity contribution in [3.8, 4) is 11.3 Å². The highest BCUT2D eigenvalue weighted by atomic mass is 16.1. The molecule has 0 atom stereocenters. The van der Waals surface area contributed by atoms with E-state index >= 15 is 0 Å². The Kier molecular flexibility index (Phi) is 6.81. The molecular formula is C27H28N8O. The Labute approximate surface area is 209 Å². The highest BCUT2D eigenvalue weighted by molar-refractivity contribution is 6.00. The Hall–Kier alpha value is -4.37. The van der Waals surface area contributed by atoms with Gasteiger partial charge in [0.15, 0.2) is 0 Å². The first-order chi connectivity index (χ1) is 17.6. The second-order valence-corrected chi connectivity index (χ2v) is 8.68. The number of hydrogen-bond donors (Lipinski definition) is 2. The quantitative estimate of drug-likeness (QED) is 0.398. The van der Waals surface area contributed by atoms with Crippen molar-refractivity contribution < 1.29 is 4.79 Å². The van der Waals surface area contributed by atoms with E-state index in [2.05, 4.69) is 42.4 Å². The third kappa shape index (κ3) is 5.31. The van der Waals surface area contributed by atoms with Gasteiger partial charge >= 0.3 is 0 Å². The number of carbonyl (C=O) groups is 1. The van der Waals surface area contributed by atoms with Gasteiger partial charge in [0.1, 0.15) is 5.82 Å². The molecule has 0 aliphatic carbocycles. The third-order valence-corrected chi connectivity index (χ3v) is 6.06. The fraction of sp³-hybridized carbons (Fsp3) is 0.222. The highest BCUT2D eigenvalue weighted by Crippen LogP contribution is 2.28. The number of nitrogens with zero attached hydrogens (tertiary/aromatic N) is 6. The molecule has 3 aromatic heterocycles. The van der Waals surface area contributed by atoms with Crippen LogP contribution in [0.5, 0.6) is 0 Å². The average molecular weight is 481 g/mol. The molecule has 2 N–H and O–H groups in total. The Morgan fingerprint density at radius 2 is 1.83 bits per heavy atom. The first-order valence-electron chi connectivity index (χ1n) is 11.9. The summed E-state index contributed by atoms with van der Waals surface area (Å²) in [6.07, 6.45) is 8.45. The molecule has 9 nitrogen and oxygen atoms in total. The topological polar surface area (TPSA) is 99.2 Å². The van der Waals surface area contributed by atoms with Gasteiger partial charge in [-0.3, -0.25) is 9.78 Å².